The number of rotatable bonds is 4. The van der Waals surface area contributed by atoms with Crippen molar-refractivity contribution < 1.29 is 4.79 Å². The lowest BCUT2D eigenvalue weighted by Crippen LogP contribution is -2.16. The lowest BCUT2D eigenvalue weighted by atomic mass is 10.1. The molecular formula is C16H20N2OS. The van der Waals surface area contributed by atoms with E-state index >= 15 is 0 Å². The second kappa shape index (κ2) is 6.20. The molecule has 1 aromatic heterocycles. The molecule has 0 saturated heterocycles. The summed E-state index contributed by atoms with van der Waals surface area (Å²) >= 11 is 1.54. The number of amides is 1. The quantitative estimate of drug-likeness (QED) is 0.931. The van der Waals surface area contributed by atoms with Gasteiger partial charge in [0, 0.05) is 17.1 Å². The predicted molar refractivity (Wildman–Crippen MR) is 85.6 cm³/mol. The number of benzene rings is 1. The lowest BCUT2D eigenvalue weighted by Gasteiger charge is -2.14. The number of carbonyl (C=O) groups is 1. The summed E-state index contributed by atoms with van der Waals surface area (Å²) in [5, 5.41) is 3.02. The average Bonchev–Trinajstić information content (AvgIpc) is 2.71. The molecule has 3 nitrogen and oxygen atoms in total. The van der Waals surface area contributed by atoms with Gasteiger partial charge in [-0.2, -0.15) is 0 Å². The average molecular weight is 288 g/mol. The number of nitrogens with zero attached hydrogens (tertiary/aromatic N) is 1. The zero-order valence-corrected chi connectivity index (χ0v) is 13.2. The molecule has 1 amide bonds. The molecule has 1 aromatic carbocycles. The Morgan fingerprint density at radius 3 is 2.55 bits per heavy atom. The maximum absolute atomic E-state index is 12.3. The maximum Gasteiger partial charge on any atom is 0.265 e. The second-order valence-corrected chi connectivity index (χ2v) is 6.46. The first-order valence-corrected chi connectivity index (χ1v) is 7.40. The van der Waals surface area contributed by atoms with Gasteiger partial charge in [-0.15, -0.1) is 11.3 Å². The first-order valence-electron chi connectivity index (χ1n) is 6.58. The van der Waals surface area contributed by atoms with Crippen LogP contribution >= 0.6 is 11.3 Å². The van der Waals surface area contributed by atoms with Gasteiger partial charge in [0.1, 0.15) is 0 Å². The van der Waals surface area contributed by atoms with E-state index < -0.39 is 0 Å². The number of hydrogen-bond donors (Lipinski definition) is 1. The van der Waals surface area contributed by atoms with Gasteiger partial charge < -0.3 is 10.2 Å². The third-order valence-electron chi connectivity index (χ3n) is 3.14. The van der Waals surface area contributed by atoms with Gasteiger partial charge in [-0.3, -0.25) is 4.79 Å². The minimum Gasteiger partial charge on any atom is -0.321 e. The summed E-state index contributed by atoms with van der Waals surface area (Å²) in [7, 11) is 4.04. The Kier molecular flexibility index (Phi) is 4.57. The summed E-state index contributed by atoms with van der Waals surface area (Å²) in [6.45, 7) is 4.87. The molecule has 0 radical (unpaired) electrons. The molecular weight excluding hydrogens is 268 g/mol. The van der Waals surface area contributed by atoms with Crippen LogP contribution in [0.2, 0.25) is 0 Å². The number of thiophene rings is 1. The van der Waals surface area contributed by atoms with Crippen LogP contribution in [0.3, 0.4) is 0 Å². The number of para-hydroxylation sites is 1. The van der Waals surface area contributed by atoms with E-state index in [-0.39, 0.29) is 5.91 Å². The first-order chi connectivity index (χ1) is 9.47. The van der Waals surface area contributed by atoms with E-state index in [0.29, 0.717) is 0 Å². The van der Waals surface area contributed by atoms with Gasteiger partial charge in [0.15, 0.2) is 0 Å². The van der Waals surface area contributed by atoms with Crippen LogP contribution in [0.5, 0.6) is 0 Å². The molecule has 0 unspecified atom stereocenters. The first kappa shape index (κ1) is 14.8. The smallest absolute Gasteiger partial charge is 0.265 e. The largest absolute Gasteiger partial charge is 0.321 e. The van der Waals surface area contributed by atoms with Crippen LogP contribution in [0, 0.1) is 13.8 Å². The van der Waals surface area contributed by atoms with Gasteiger partial charge in [0.2, 0.25) is 0 Å². The van der Waals surface area contributed by atoms with Gasteiger partial charge >= 0.3 is 0 Å². The van der Waals surface area contributed by atoms with Crippen molar-refractivity contribution in [1.29, 1.82) is 0 Å². The number of hydrogen-bond acceptors (Lipinski definition) is 3. The molecule has 1 N–H and O–H groups in total. The monoisotopic (exact) mass is 288 g/mol. The Bertz CT molecular complexity index is 597. The highest BCUT2D eigenvalue weighted by Crippen LogP contribution is 2.23. The third kappa shape index (κ3) is 3.46. The molecule has 2 rings (SSSR count). The molecule has 20 heavy (non-hydrogen) atoms. The molecule has 106 valence electrons. The molecule has 1 heterocycles. The fourth-order valence-corrected chi connectivity index (χ4v) is 2.92. The van der Waals surface area contributed by atoms with Gasteiger partial charge in [-0.1, -0.05) is 18.2 Å². The van der Waals surface area contributed by atoms with Crippen LogP contribution in [0.15, 0.2) is 30.3 Å². The van der Waals surface area contributed by atoms with E-state index in [4.69, 9.17) is 0 Å². The van der Waals surface area contributed by atoms with Crippen LogP contribution in [-0.4, -0.2) is 24.9 Å². The fraction of sp³-hybridized carbons (Fsp3) is 0.312. The molecule has 2 aromatic rings. The molecule has 4 heteroatoms. The number of nitrogens with one attached hydrogen (secondary N) is 1. The number of aryl methyl sites for hydroxylation is 2. The number of anilines is 1. The maximum atomic E-state index is 12.3. The van der Waals surface area contributed by atoms with Crippen LogP contribution in [-0.2, 0) is 6.54 Å². The molecule has 0 aliphatic carbocycles. The van der Waals surface area contributed by atoms with Crippen LogP contribution in [0.4, 0.5) is 5.69 Å². The van der Waals surface area contributed by atoms with Crippen molar-refractivity contribution in [2.75, 3.05) is 19.4 Å². The van der Waals surface area contributed by atoms with Gasteiger partial charge in [0.25, 0.3) is 5.91 Å². The Morgan fingerprint density at radius 2 is 1.95 bits per heavy atom. The Balaban J connectivity index is 2.19. The number of carbonyl (C=O) groups excluding carboxylic acids is 1. The highest BCUT2D eigenvalue weighted by atomic mass is 32.1. The van der Waals surface area contributed by atoms with Crippen molar-refractivity contribution >= 4 is 22.9 Å². The molecule has 0 aliphatic heterocycles. The molecule has 0 fully saturated rings. The van der Waals surface area contributed by atoms with Crippen molar-refractivity contribution in [1.82, 2.24) is 4.90 Å². The highest BCUT2D eigenvalue weighted by molar-refractivity contribution is 7.14. The van der Waals surface area contributed by atoms with E-state index in [1.807, 2.05) is 58.3 Å². The molecule has 0 aliphatic rings. The van der Waals surface area contributed by atoms with Crippen LogP contribution in [0.25, 0.3) is 0 Å². The van der Waals surface area contributed by atoms with Crippen molar-refractivity contribution in [3.05, 3.63) is 51.2 Å². The third-order valence-corrected chi connectivity index (χ3v) is 4.29. The standard InChI is InChI=1S/C16H20N2OS/c1-11-9-15(20-12(11)2)16(19)17-14-8-6-5-7-13(14)10-18(3)4/h5-9H,10H2,1-4H3,(H,17,19). The van der Waals surface area contributed by atoms with E-state index in [1.54, 1.807) is 0 Å². The van der Waals surface area contributed by atoms with Crippen molar-refractivity contribution in [2.24, 2.45) is 0 Å². The van der Waals surface area contributed by atoms with Crippen molar-refractivity contribution in [3.63, 3.8) is 0 Å². The summed E-state index contributed by atoms with van der Waals surface area (Å²) in [5.74, 6) is -0.0302. The molecule has 0 bridgehead atoms. The van der Waals surface area contributed by atoms with E-state index in [2.05, 4.69) is 10.2 Å². The topological polar surface area (TPSA) is 32.3 Å². The summed E-state index contributed by atoms with van der Waals surface area (Å²) in [6, 6.07) is 9.88. The normalized spacial score (nSPS) is 10.8. The van der Waals surface area contributed by atoms with Crippen molar-refractivity contribution in [3.8, 4) is 0 Å². The summed E-state index contributed by atoms with van der Waals surface area (Å²) < 4.78 is 0. The van der Waals surface area contributed by atoms with E-state index in [1.165, 1.54) is 21.8 Å². The van der Waals surface area contributed by atoms with Gasteiger partial charge in [-0.05, 0) is 51.2 Å². The summed E-state index contributed by atoms with van der Waals surface area (Å²) in [4.78, 5) is 16.3. The zero-order chi connectivity index (χ0) is 14.7. The van der Waals surface area contributed by atoms with Crippen molar-refractivity contribution in [2.45, 2.75) is 20.4 Å². The van der Waals surface area contributed by atoms with Crippen LogP contribution < -0.4 is 5.32 Å². The summed E-state index contributed by atoms with van der Waals surface area (Å²) in [5.41, 5.74) is 3.17. The lowest BCUT2D eigenvalue weighted by molar-refractivity contribution is 0.103. The van der Waals surface area contributed by atoms with E-state index in [9.17, 15) is 4.79 Å². The Morgan fingerprint density at radius 1 is 1.25 bits per heavy atom. The molecule has 0 atom stereocenters. The predicted octanol–water partition coefficient (Wildman–Crippen LogP) is 3.68. The van der Waals surface area contributed by atoms with Gasteiger partial charge in [-0.25, -0.2) is 0 Å². The van der Waals surface area contributed by atoms with E-state index in [0.717, 1.165) is 22.7 Å². The van der Waals surface area contributed by atoms with Gasteiger partial charge in [0.05, 0.1) is 4.88 Å². The Labute approximate surface area is 124 Å². The summed E-state index contributed by atoms with van der Waals surface area (Å²) in [6.07, 6.45) is 0. The fourth-order valence-electron chi connectivity index (χ4n) is 1.99. The molecule has 0 saturated carbocycles. The minimum absolute atomic E-state index is 0.0302. The SMILES string of the molecule is Cc1cc(C(=O)Nc2ccccc2CN(C)C)sc1C. The minimum atomic E-state index is -0.0302. The van der Waals surface area contributed by atoms with Crippen LogP contribution in [0.1, 0.15) is 25.7 Å². The molecule has 0 spiro atoms. The highest BCUT2D eigenvalue weighted by Gasteiger charge is 2.12. The zero-order valence-electron chi connectivity index (χ0n) is 12.4. The second-order valence-electron chi connectivity index (χ2n) is 5.20. The Hall–Kier alpha value is -1.65.